The number of esters is 1. The van der Waals surface area contributed by atoms with Gasteiger partial charge in [-0.25, -0.2) is 4.79 Å². The summed E-state index contributed by atoms with van der Waals surface area (Å²) in [5.74, 6) is -1.16. The maximum absolute atomic E-state index is 13.3. The number of alkyl carbamates (subject to hydrolysis) is 1. The van der Waals surface area contributed by atoms with Gasteiger partial charge in [0.25, 0.3) is 0 Å². The number of hydrogen-bond acceptors (Lipinski definition) is 6. The molecule has 0 aromatic heterocycles. The number of carbonyl (C=O) groups is 4. The Labute approximate surface area is 195 Å². The number of rotatable bonds is 10. The third-order valence-electron chi connectivity index (χ3n) is 4.95. The molecular formula is C24H35N3O6. The van der Waals surface area contributed by atoms with Crippen LogP contribution in [-0.2, 0) is 23.9 Å². The summed E-state index contributed by atoms with van der Waals surface area (Å²) in [5.41, 5.74) is 0.872. The van der Waals surface area contributed by atoms with Gasteiger partial charge in [0.2, 0.25) is 11.8 Å². The lowest BCUT2D eigenvalue weighted by atomic mass is 9.98. The van der Waals surface area contributed by atoms with Crippen LogP contribution in [0, 0.1) is 6.92 Å². The number of hydrogen-bond donors (Lipinski definition) is 2. The summed E-state index contributed by atoms with van der Waals surface area (Å²) >= 11 is 0. The molecule has 2 rings (SSSR count). The van der Waals surface area contributed by atoms with E-state index in [1.807, 2.05) is 31.2 Å². The Morgan fingerprint density at radius 2 is 1.79 bits per heavy atom. The van der Waals surface area contributed by atoms with Crippen LogP contribution in [0.2, 0.25) is 0 Å². The average Bonchev–Trinajstić information content (AvgIpc) is 3.54. The highest BCUT2D eigenvalue weighted by atomic mass is 16.6. The van der Waals surface area contributed by atoms with Crippen molar-refractivity contribution < 1.29 is 28.7 Å². The molecule has 1 aliphatic rings. The zero-order chi connectivity index (χ0) is 24.6. The summed E-state index contributed by atoms with van der Waals surface area (Å²) in [7, 11) is 0. The summed E-state index contributed by atoms with van der Waals surface area (Å²) < 4.78 is 10.1. The summed E-state index contributed by atoms with van der Waals surface area (Å²) in [6, 6.07) is 6.39. The number of benzene rings is 1. The predicted molar refractivity (Wildman–Crippen MR) is 122 cm³/mol. The van der Waals surface area contributed by atoms with Crippen molar-refractivity contribution in [1.29, 1.82) is 0 Å². The van der Waals surface area contributed by atoms with Crippen LogP contribution in [0.25, 0.3) is 0 Å². The number of nitrogens with one attached hydrogen (secondary N) is 2. The molecule has 1 aromatic carbocycles. The molecule has 1 aliphatic carbocycles. The average molecular weight is 462 g/mol. The van der Waals surface area contributed by atoms with Crippen LogP contribution in [0.4, 0.5) is 4.79 Å². The Kier molecular flexibility index (Phi) is 9.25. The number of ether oxygens (including phenoxy) is 2. The lowest BCUT2D eigenvalue weighted by Crippen LogP contribution is -2.49. The first-order chi connectivity index (χ1) is 15.5. The SMILES string of the molecule is CCOC(=O)CCNC(=O)C(c1ccccc1C)N(C(=O)CNC(=O)OC(C)(C)C)C1CC1. The fraction of sp³-hybridized carbons (Fsp3) is 0.583. The van der Waals surface area contributed by atoms with Crippen LogP contribution in [0.1, 0.15) is 64.1 Å². The van der Waals surface area contributed by atoms with Gasteiger partial charge < -0.3 is 25.0 Å². The van der Waals surface area contributed by atoms with E-state index in [4.69, 9.17) is 9.47 Å². The molecule has 182 valence electrons. The molecule has 0 spiro atoms. The van der Waals surface area contributed by atoms with E-state index in [-0.39, 0.29) is 44.0 Å². The zero-order valence-electron chi connectivity index (χ0n) is 20.1. The van der Waals surface area contributed by atoms with Crippen LogP contribution in [0.3, 0.4) is 0 Å². The number of amides is 3. The van der Waals surface area contributed by atoms with Crippen molar-refractivity contribution in [1.82, 2.24) is 15.5 Å². The zero-order valence-corrected chi connectivity index (χ0v) is 20.1. The minimum Gasteiger partial charge on any atom is -0.466 e. The Bertz CT molecular complexity index is 860. The minimum atomic E-state index is -0.881. The van der Waals surface area contributed by atoms with E-state index in [2.05, 4.69) is 10.6 Å². The Hall–Kier alpha value is -3.10. The van der Waals surface area contributed by atoms with Gasteiger partial charge in [0, 0.05) is 12.6 Å². The molecule has 1 aromatic rings. The topological polar surface area (TPSA) is 114 Å². The summed E-state index contributed by atoms with van der Waals surface area (Å²) in [4.78, 5) is 51.7. The highest BCUT2D eigenvalue weighted by Gasteiger charge is 2.41. The molecule has 9 heteroatoms. The Morgan fingerprint density at radius 3 is 2.36 bits per heavy atom. The molecule has 1 saturated carbocycles. The quantitative estimate of drug-likeness (QED) is 0.518. The van der Waals surface area contributed by atoms with Gasteiger partial charge in [-0.15, -0.1) is 0 Å². The van der Waals surface area contributed by atoms with E-state index in [0.717, 1.165) is 18.4 Å². The third kappa shape index (κ3) is 8.40. The monoisotopic (exact) mass is 461 g/mol. The molecule has 33 heavy (non-hydrogen) atoms. The van der Waals surface area contributed by atoms with Crippen LogP contribution in [0.15, 0.2) is 24.3 Å². The molecule has 0 saturated heterocycles. The Balaban J connectivity index is 2.19. The second-order valence-corrected chi connectivity index (χ2v) is 8.99. The van der Waals surface area contributed by atoms with Crippen molar-refractivity contribution in [3.05, 3.63) is 35.4 Å². The largest absolute Gasteiger partial charge is 0.466 e. The maximum Gasteiger partial charge on any atom is 0.408 e. The van der Waals surface area contributed by atoms with Gasteiger partial charge in [0.05, 0.1) is 13.0 Å². The minimum absolute atomic E-state index is 0.0393. The van der Waals surface area contributed by atoms with Crippen molar-refractivity contribution in [2.45, 2.75) is 71.6 Å². The predicted octanol–water partition coefficient (Wildman–Crippen LogP) is 2.62. The first-order valence-electron chi connectivity index (χ1n) is 11.3. The molecule has 3 amide bonds. The molecule has 1 fully saturated rings. The first-order valence-corrected chi connectivity index (χ1v) is 11.3. The van der Waals surface area contributed by atoms with Gasteiger partial charge in [-0.1, -0.05) is 24.3 Å². The first kappa shape index (κ1) is 26.2. The van der Waals surface area contributed by atoms with Crippen molar-refractivity contribution in [2.75, 3.05) is 19.7 Å². The molecule has 9 nitrogen and oxygen atoms in total. The normalized spacial score (nSPS) is 14.1. The smallest absolute Gasteiger partial charge is 0.408 e. The standard InChI is InChI=1S/C24H35N3O6/c1-6-32-20(29)13-14-25-22(30)21(18-10-8-7-9-16(18)2)27(17-11-12-17)19(28)15-26-23(31)33-24(3,4)5/h7-10,17,21H,6,11-15H2,1-5H3,(H,25,30)(H,26,31). The van der Waals surface area contributed by atoms with E-state index in [9.17, 15) is 19.2 Å². The van der Waals surface area contributed by atoms with E-state index in [1.165, 1.54) is 0 Å². The van der Waals surface area contributed by atoms with Crippen molar-refractivity contribution in [3.8, 4) is 0 Å². The van der Waals surface area contributed by atoms with Crippen LogP contribution in [-0.4, -0.2) is 60.1 Å². The van der Waals surface area contributed by atoms with Crippen LogP contribution < -0.4 is 10.6 Å². The van der Waals surface area contributed by atoms with Gasteiger partial charge >= 0.3 is 12.1 Å². The molecule has 0 radical (unpaired) electrons. The molecular weight excluding hydrogens is 426 g/mol. The van der Waals surface area contributed by atoms with E-state index < -0.39 is 23.7 Å². The second-order valence-electron chi connectivity index (χ2n) is 8.99. The molecule has 0 heterocycles. The van der Waals surface area contributed by atoms with E-state index in [0.29, 0.717) is 5.56 Å². The van der Waals surface area contributed by atoms with Crippen molar-refractivity contribution >= 4 is 23.9 Å². The van der Waals surface area contributed by atoms with Crippen LogP contribution in [0.5, 0.6) is 0 Å². The van der Waals surface area contributed by atoms with Gasteiger partial charge in [-0.3, -0.25) is 14.4 Å². The van der Waals surface area contributed by atoms with Gasteiger partial charge in [-0.2, -0.15) is 0 Å². The maximum atomic E-state index is 13.3. The van der Waals surface area contributed by atoms with E-state index in [1.54, 1.807) is 32.6 Å². The van der Waals surface area contributed by atoms with Crippen LogP contribution >= 0.6 is 0 Å². The fourth-order valence-electron chi connectivity index (χ4n) is 3.39. The summed E-state index contributed by atoms with van der Waals surface area (Å²) in [6.45, 7) is 8.89. The highest BCUT2D eigenvalue weighted by molar-refractivity contribution is 5.91. The van der Waals surface area contributed by atoms with Gasteiger partial charge in [-0.05, 0) is 58.6 Å². The van der Waals surface area contributed by atoms with Gasteiger partial charge in [0.1, 0.15) is 18.2 Å². The fourth-order valence-corrected chi connectivity index (χ4v) is 3.39. The number of nitrogens with zero attached hydrogens (tertiary/aromatic N) is 1. The summed E-state index contributed by atoms with van der Waals surface area (Å²) in [5, 5.41) is 5.25. The second kappa shape index (κ2) is 11.7. The molecule has 2 N–H and O–H groups in total. The van der Waals surface area contributed by atoms with Gasteiger partial charge in [0.15, 0.2) is 0 Å². The third-order valence-corrected chi connectivity index (χ3v) is 4.95. The Morgan fingerprint density at radius 1 is 1.12 bits per heavy atom. The lowest BCUT2D eigenvalue weighted by molar-refractivity contribution is -0.144. The lowest BCUT2D eigenvalue weighted by Gasteiger charge is -2.32. The highest BCUT2D eigenvalue weighted by Crippen LogP contribution is 2.35. The summed E-state index contributed by atoms with van der Waals surface area (Å²) in [6.07, 6.45) is 0.892. The molecule has 1 atom stereocenters. The number of carbonyl (C=O) groups excluding carboxylic acids is 4. The van der Waals surface area contributed by atoms with Crippen molar-refractivity contribution in [2.24, 2.45) is 0 Å². The number of aryl methyl sites for hydroxylation is 1. The molecule has 1 unspecified atom stereocenters. The van der Waals surface area contributed by atoms with Crippen molar-refractivity contribution in [3.63, 3.8) is 0 Å². The molecule has 0 bridgehead atoms. The molecule has 0 aliphatic heterocycles. The van der Waals surface area contributed by atoms with E-state index >= 15 is 0 Å².